The molecule has 2 aromatic carbocycles. The average Bonchev–Trinajstić information content (AvgIpc) is 3.33. The highest BCUT2D eigenvalue weighted by atomic mass is 35.5. The van der Waals surface area contributed by atoms with Crippen molar-refractivity contribution in [1.29, 1.82) is 0 Å². The van der Waals surface area contributed by atoms with E-state index in [2.05, 4.69) is 10.6 Å². The van der Waals surface area contributed by atoms with Crippen molar-refractivity contribution in [2.24, 2.45) is 11.8 Å². The Morgan fingerprint density at radius 1 is 0.958 bits per heavy atom. The van der Waals surface area contributed by atoms with Gasteiger partial charge in [0.25, 0.3) is 0 Å². The molecule has 1 saturated carbocycles. The first-order valence-corrected chi connectivity index (χ1v) is 7.65. The smallest absolute Gasteiger partial charge is 0.228 e. The van der Waals surface area contributed by atoms with Crippen LogP contribution < -0.4 is 10.6 Å². The molecular weight excluding hydrogens is 338 g/mol. The molecule has 0 aromatic heterocycles. The second-order valence-electron chi connectivity index (χ2n) is 5.53. The fourth-order valence-corrected chi connectivity index (χ4v) is 2.56. The van der Waals surface area contributed by atoms with Gasteiger partial charge in [-0.1, -0.05) is 23.7 Å². The van der Waals surface area contributed by atoms with Crippen molar-refractivity contribution >= 4 is 34.8 Å². The van der Waals surface area contributed by atoms with Gasteiger partial charge in [0.05, 0.1) is 28.2 Å². The lowest BCUT2D eigenvalue weighted by Gasteiger charge is -2.08. The number of halogens is 3. The minimum atomic E-state index is -0.860. The van der Waals surface area contributed by atoms with E-state index in [-0.39, 0.29) is 11.6 Å². The Morgan fingerprint density at radius 3 is 2.21 bits per heavy atom. The second kappa shape index (κ2) is 6.57. The van der Waals surface area contributed by atoms with Gasteiger partial charge in [0.1, 0.15) is 11.6 Å². The quantitative estimate of drug-likeness (QED) is 0.880. The van der Waals surface area contributed by atoms with Gasteiger partial charge in [0.2, 0.25) is 11.8 Å². The molecule has 7 heteroatoms. The van der Waals surface area contributed by atoms with Crippen LogP contribution in [0.1, 0.15) is 6.42 Å². The molecule has 4 nitrogen and oxygen atoms in total. The Morgan fingerprint density at radius 2 is 1.58 bits per heavy atom. The van der Waals surface area contributed by atoms with Crippen LogP contribution in [0.3, 0.4) is 0 Å². The highest BCUT2D eigenvalue weighted by Crippen LogP contribution is 2.40. The molecule has 2 atom stereocenters. The maximum absolute atomic E-state index is 13.5. The molecule has 124 valence electrons. The van der Waals surface area contributed by atoms with Gasteiger partial charge in [-0.25, -0.2) is 8.78 Å². The summed E-state index contributed by atoms with van der Waals surface area (Å²) in [5, 5.41) is 5.44. The van der Waals surface area contributed by atoms with Crippen molar-refractivity contribution in [1.82, 2.24) is 0 Å². The number of rotatable bonds is 4. The third-order valence-electron chi connectivity index (χ3n) is 3.78. The van der Waals surface area contributed by atoms with Gasteiger partial charge in [0.15, 0.2) is 0 Å². The predicted octanol–water partition coefficient (Wildman–Crippen LogP) is 3.83. The van der Waals surface area contributed by atoms with Crippen molar-refractivity contribution in [3.63, 3.8) is 0 Å². The molecule has 1 aliphatic carbocycles. The normalized spacial score (nSPS) is 18.8. The van der Waals surface area contributed by atoms with Crippen LogP contribution in [0.4, 0.5) is 20.2 Å². The summed E-state index contributed by atoms with van der Waals surface area (Å²) in [5.74, 6) is -3.42. The van der Waals surface area contributed by atoms with E-state index in [0.29, 0.717) is 23.2 Å². The molecule has 0 aliphatic heterocycles. The molecule has 1 aliphatic rings. The summed E-state index contributed by atoms with van der Waals surface area (Å²) in [5.41, 5.74) is 0.360. The Bertz CT molecular complexity index is 813. The zero-order valence-corrected chi connectivity index (χ0v) is 13.1. The maximum Gasteiger partial charge on any atom is 0.228 e. The topological polar surface area (TPSA) is 58.2 Å². The SMILES string of the molecule is O=C(Nc1ccc(F)cc1F)C1CC1C(=O)Nc1ccccc1Cl. The third kappa shape index (κ3) is 3.54. The molecule has 0 spiro atoms. The van der Waals surface area contributed by atoms with Crippen LogP contribution in [-0.4, -0.2) is 11.8 Å². The first kappa shape index (κ1) is 16.4. The van der Waals surface area contributed by atoms with Crippen LogP contribution in [0.15, 0.2) is 42.5 Å². The van der Waals surface area contributed by atoms with Gasteiger partial charge in [-0.15, -0.1) is 0 Å². The molecule has 2 unspecified atom stereocenters. The van der Waals surface area contributed by atoms with Crippen molar-refractivity contribution in [2.75, 3.05) is 10.6 Å². The van der Waals surface area contributed by atoms with Crippen LogP contribution in [0.25, 0.3) is 0 Å². The second-order valence-corrected chi connectivity index (χ2v) is 5.94. The Balaban J connectivity index is 1.59. The minimum absolute atomic E-state index is 0.112. The number of para-hydroxylation sites is 1. The molecular formula is C17H13ClF2N2O2. The van der Waals surface area contributed by atoms with E-state index in [9.17, 15) is 18.4 Å². The van der Waals surface area contributed by atoms with E-state index in [4.69, 9.17) is 11.6 Å². The number of anilines is 2. The number of benzene rings is 2. The fourth-order valence-electron chi connectivity index (χ4n) is 2.38. The number of hydrogen-bond acceptors (Lipinski definition) is 2. The van der Waals surface area contributed by atoms with Gasteiger partial charge < -0.3 is 10.6 Å². The van der Waals surface area contributed by atoms with Crippen molar-refractivity contribution in [3.8, 4) is 0 Å². The molecule has 2 N–H and O–H groups in total. The zero-order chi connectivity index (χ0) is 17.3. The van der Waals surface area contributed by atoms with Gasteiger partial charge in [-0.3, -0.25) is 9.59 Å². The summed E-state index contributed by atoms with van der Waals surface area (Å²) in [4.78, 5) is 24.2. The maximum atomic E-state index is 13.5. The van der Waals surface area contributed by atoms with Crippen LogP contribution in [-0.2, 0) is 9.59 Å². The number of nitrogens with one attached hydrogen (secondary N) is 2. The van der Waals surface area contributed by atoms with Crippen molar-refractivity contribution in [2.45, 2.75) is 6.42 Å². The van der Waals surface area contributed by atoms with E-state index in [1.165, 1.54) is 0 Å². The van der Waals surface area contributed by atoms with Crippen LogP contribution in [0.5, 0.6) is 0 Å². The van der Waals surface area contributed by atoms with Gasteiger partial charge >= 0.3 is 0 Å². The number of carbonyl (C=O) groups is 2. The summed E-state index contributed by atoms with van der Waals surface area (Å²) in [6.07, 6.45) is 0.366. The van der Waals surface area contributed by atoms with Gasteiger partial charge in [-0.2, -0.15) is 0 Å². The summed E-state index contributed by atoms with van der Waals surface area (Å²) >= 11 is 5.96. The number of amides is 2. The molecule has 24 heavy (non-hydrogen) atoms. The Kier molecular flexibility index (Phi) is 4.49. The average molecular weight is 351 g/mol. The van der Waals surface area contributed by atoms with Crippen molar-refractivity contribution < 1.29 is 18.4 Å². The molecule has 0 radical (unpaired) electrons. The summed E-state index contributed by atoms with van der Waals surface area (Å²) in [6.45, 7) is 0. The fraction of sp³-hybridized carbons (Fsp3) is 0.176. The van der Waals surface area contributed by atoms with Crippen LogP contribution >= 0.6 is 11.6 Å². The van der Waals surface area contributed by atoms with Gasteiger partial charge in [-0.05, 0) is 30.7 Å². The van der Waals surface area contributed by atoms with E-state index in [1.807, 2.05) is 0 Å². The monoisotopic (exact) mass is 350 g/mol. The molecule has 3 rings (SSSR count). The molecule has 0 saturated heterocycles. The van der Waals surface area contributed by atoms with Crippen LogP contribution in [0.2, 0.25) is 5.02 Å². The Labute approximate surface area is 141 Å². The zero-order valence-electron chi connectivity index (χ0n) is 12.4. The lowest BCUT2D eigenvalue weighted by Crippen LogP contribution is -2.21. The van der Waals surface area contributed by atoms with Crippen molar-refractivity contribution in [3.05, 3.63) is 59.1 Å². The number of hydrogen-bond donors (Lipinski definition) is 2. The number of carbonyl (C=O) groups excluding carboxylic acids is 2. The summed E-state index contributed by atoms with van der Waals surface area (Å²) in [7, 11) is 0. The Hall–Kier alpha value is -2.47. The first-order valence-electron chi connectivity index (χ1n) is 7.27. The van der Waals surface area contributed by atoms with E-state index >= 15 is 0 Å². The highest BCUT2D eigenvalue weighted by molar-refractivity contribution is 6.33. The van der Waals surface area contributed by atoms with Crippen LogP contribution in [0, 0.1) is 23.5 Å². The van der Waals surface area contributed by atoms with E-state index in [0.717, 1.165) is 12.1 Å². The highest BCUT2D eigenvalue weighted by Gasteiger charge is 2.48. The molecule has 2 amide bonds. The van der Waals surface area contributed by atoms with E-state index in [1.54, 1.807) is 24.3 Å². The molecule has 1 fully saturated rings. The first-order chi connectivity index (χ1) is 11.5. The largest absolute Gasteiger partial charge is 0.325 e. The predicted molar refractivity (Wildman–Crippen MR) is 86.7 cm³/mol. The lowest BCUT2D eigenvalue weighted by atomic mass is 10.2. The molecule has 0 heterocycles. The summed E-state index contributed by atoms with van der Waals surface area (Å²) < 4.78 is 26.4. The van der Waals surface area contributed by atoms with E-state index < -0.39 is 29.4 Å². The standard InChI is InChI=1S/C17H13ClF2N2O2/c18-12-3-1-2-4-14(12)21-16(23)10-8-11(10)17(24)22-15-6-5-9(19)7-13(15)20/h1-7,10-11H,8H2,(H,21,23)(H,22,24). The third-order valence-corrected chi connectivity index (χ3v) is 4.11. The molecule has 0 bridgehead atoms. The summed E-state index contributed by atoms with van der Waals surface area (Å²) in [6, 6.07) is 9.65. The molecule has 2 aromatic rings. The van der Waals surface area contributed by atoms with Gasteiger partial charge in [0, 0.05) is 6.07 Å². The lowest BCUT2D eigenvalue weighted by molar-refractivity contribution is -0.122. The minimum Gasteiger partial charge on any atom is -0.325 e.